The van der Waals surface area contributed by atoms with Gasteiger partial charge in [-0.05, 0) is 6.42 Å². The molecule has 0 radical (unpaired) electrons. The second kappa shape index (κ2) is 5.58. The van der Waals surface area contributed by atoms with Crippen LogP contribution in [0.15, 0.2) is 17.6 Å². The Kier molecular flexibility index (Phi) is 4.29. The second-order valence-corrected chi connectivity index (χ2v) is 5.45. The maximum Gasteiger partial charge on any atom is 0.159 e. The van der Waals surface area contributed by atoms with Gasteiger partial charge in [0.25, 0.3) is 0 Å². The van der Waals surface area contributed by atoms with Gasteiger partial charge in [-0.15, -0.1) is 6.58 Å². The number of thioether (sulfide) groups is 1. The van der Waals surface area contributed by atoms with E-state index in [9.17, 15) is 15.3 Å². The van der Waals surface area contributed by atoms with Crippen LogP contribution >= 0.6 is 11.8 Å². The molecule has 2 heterocycles. The number of aliphatic hydroxyl groups excluding tert-OH is 3. The van der Waals surface area contributed by atoms with Crippen LogP contribution in [0.3, 0.4) is 0 Å². The van der Waals surface area contributed by atoms with Crippen LogP contribution in [0.25, 0.3) is 0 Å². The number of aliphatic hydroxyl groups is 3. The van der Waals surface area contributed by atoms with Gasteiger partial charge in [0.05, 0.1) is 12.1 Å². The van der Waals surface area contributed by atoms with Crippen LogP contribution in [0, 0.1) is 0 Å². The summed E-state index contributed by atoms with van der Waals surface area (Å²) in [6, 6.07) is -0.407. The second-order valence-electron chi connectivity index (χ2n) is 4.36. The van der Waals surface area contributed by atoms with Gasteiger partial charge in [-0.3, -0.25) is 4.99 Å². The summed E-state index contributed by atoms with van der Waals surface area (Å²) in [5, 5.41) is 33.6. The highest BCUT2D eigenvalue weighted by molar-refractivity contribution is 8.14. The zero-order valence-corrected chi connectivity index (χ0v) is 10.9. The van der Waals surface area contributed by atoms with E-state index in [-0.39, 0.29) is 5.44 Å². The van der Waals surface area contributed by atoms with E-state index in [0.717, 1.165) is 0 Å². The van der Waals surface area contributed by atoms with Crippen LogP contribution in [0.5, 0.6) is 0 Å². The first-order chi connectivity index (χ1) is 8.58. The highest BCUT2D eigenvalue weighted by Crippen LogP contribution is 2.35. The molecule has 102 valence electrons. The number of hydrogen-bond donors (Lipinski definition) is 4. The summed E-state index contributed by atoms with van der Waals surface area (Å²) in [5.74, 6) is 0. The lowest BCUT2D eigenvalue weighted by Gasteiger charge is -2.40. The molecule has 6 atom stereocenters. The molecule has 1 unspecified atom stereocenters. The minimum atomic E-state index is -1.13. The van der Waals surface area contributed by atoms with Gasteiger partial charge >= 0.3 is 0 Å². The summed E-state index contributed by atoms with van der Waals surface area (Å²) >= 11 is 1.35. The summed E-state index contributed by atoms with van der Waals surface area (Å²) in [6.07, 6.45) is -1.97. The van der Waals surface area contributed by atoms with E-state index >= 15 is 0 Å². The lowest BCUT2D eigenvalue weighted by atomic mass is 9.93. The minimum absolute atomic E-state index is 0.304. The van der Waals surface area contributed by atoms with E-state index in [4.69, 9.17) is 4.74 Å². The van der Waals surface area contributed by atoms with Crippen LogP contribution in [0.2, 0.25) is 0 Å². The van der Waals surface area contributed by atoms with E-state index in [0.29, 0.717) is 11.6 Å². The standard InChI is InChI=1S/C11H18N2O4S/c1-3-4-5(14)9-8(16)7(15)6-10(17-9)18-11(12-2)13-6/h3,5-10,14-16H,1,4H2,2H3,(H,12,13)/t5?,6-,7-,8+,9-,10-/m1/s1. The Balaban J connectivity index is 2.11. The van der Waals surface area contributed by atoms with E-state index < -0.39 is 30.5 Å². The molecular formula is C11H18N2O4S. The van der Waals surface area contributed by atoms with E-state index in [1.807, 2.05) is 0 Å². The first kappa shape index (κ1) is 13.8. The van der Waals surface area contributed by atoms with Crippen molar-refractivity contribution in [2.75, 3.05) is 7.05 Å². The topological polar surface area (TPSA) is 94.3 Å². The summed E-state index contributed by atoms with van der Waals surface area (Å²) in [7, 11) is 1.64. The number of nitrogens with zero attached hydrogens (tertiary/aromatic N) is 1. The Morgan fingerprint density at radius 2 is 2.28 bits per heavy atom. The van der Waals surface area contributed by atoms with Gasteiger partial charge in [-0.1, -0.05) is 17.8 Å². The zero-order chi connectivity index (χ0) is 13.3. The number of aliphatic imine (C=N–C) groups is 1. The fourth-order valence-electron chi connectivity index (χ4n) is 2.17. The third-order valence-corrected chi connectivity index (χ3v) is 4.31. The van der Waals surface area contributed by atoms with Crippen molar-refractivity contribution in [3.63, 3.8) is 0 Å². The van der Waals surface area contributed by atoms with Crippen molar-refractivity contribution in [1.82, 2.24) is 5.32 Å². The quantitative estimate of drug-likeness (QED) is 0.496. The monoisotopic (exact) mass is 274 g/mol. The van der Waals surface area contributed by atoms with E-state index in [1.165, 1.54) is 11.8 Å². The third kappa shape index (κ3) is 2.41. The largest absolute Gasteiger partial charge is 0.390 e. The Morgan fingerprint density at radius 1 is 1.56 bits per heavy atom. The van der Waals surface area contributed by atoms with E-state index in [1.54, 1.807) is 13.1 Å². The molecule has 0 spiro atoms. The summed E-state index contributed by atoms with van der Waals surface area (Å²) in [4.78, 5) is 3.99. The molecule has 0 amide bonds. The highest BCUT2D eigenvalue weighted by Gasteiger charge is 2.50. The van der Waals surface area contributed by atoms with Crippen LogP contribution in [-0.2, 0) is 4.74 Å². The van der Waals surface area contributed by atoms with E-state index in [2.05, 4.69) is 16.9 Å². The molecule has 0 aromatic carbocycles. The van der Waals surface area contributed by atoms with Crippen molar-refractivity contribution in [2.45, 2.75) is 42.3 Å². The van der Waals surface area contributed by atoms with Crippen LogP contribution in [0.1, 0.15) is 6.42 Å². The number of nitrogens with one attached hydrogen (secondary N) is 1. The maximum atomic E-state index is 10.1. The minimum Gasteiger partial charge on any atom is -0.390 e. The normalized spacial score (nSPS) is 43.3. The maximum absolute atomic E-state index is 10.1. The Morgan fingerprint density at radius 3 is 2.89 bits per heavy atom. The van der Waals surface area contributed by atoms with Crippen molar-refractivity contribution in [3.8, 4) is 0 Å². The molecule has 6 nitrogen and oxygen atoms in total. The number of ether oxygens (including phenoxy) is 1. The van der Waals surface area contributed by atoms with Gasteiger partial charge in [0.15, 0.2) is 5.17 Å². The molecule has 0 bridgehead atoms. The number of rotatable bonds is 3. The molecular weight excluding hydrogens is 256 g/mol. The first-order valence-corrected chi connectivity index (χ1v) is 6.67. The number of hydrogen-bond acceptors (Lipinski definition) is 6. The third-order valence-electron chi connectivity index (χ3n) is 3.15. The molecule has 7 heteroatoms. The Hall–Kier alpha value is -0.600. The lowest BCUT2D eigenvalue weighted by molar-refractivity contribution is -0.186. The molecule has 2 aliphatic rings. The Labute approximate surface area is 110 Å². The van der Waals surface area contributed by atoms with Gasteiger partial charge in [0.1, 0.15) is 23.7 Å². The van der Waals surface area contributed by atoms with Crippen molar-refractivity contribution in [1.29, 1.82) is 0 Å². The fraction of sp³-hybridized carbons (Fsp3) is 0.727. The lowest BCUT2D eigenvalue weighted by Crippen LogP contribution is -2.61. The van der Waals surface area contributed by atoms with Crippen molar-refractivity contribution >= 4 is 16.9 Å². The number of fused-ring (bicyclic) bond motifs is 1. The average molecular weight is 274 g/mol. The summed E-state index contributed by atoms with van der Waals surface area (Å²) in [5.41, 5.74) is -0.355. The SMILES string of the molecule is C=CCC(O)[C@H]1O[C@@H]2SC(=NC)N[C@@H]2[C@@H](O)[C@@H]1O. The molecule has 2 fully saturated rings. The molecule has 2 rings (SSSR count). The summed E-state index contributed by atoms with van der Waals surface area (Å²) in [6.45, 7) is 3.54. The average Bonchev–Trinajstić information content (AvgIpc) is 2.77. The van der Waals surface area contributed by atoms with Gasteiger partial charge < -0.3 is 25.4 Å². The fourth-order valence-corrected chi connectivity index (χ4v) is 3.26. The van der Waals surface area contributed by atoms with Gasteiger partial charge in [0.2, 0.25) is 0 Å². The zero-order valence-electron chi connectivity index (χ0n) is 10.1. The van der Waals surface area contributed by atoms with Crippen LogP contribution in [0.4, 0.5) is 0 Å². The highest BCUT2D eigenvalue weighted by atomic mass is 32.2. The molecule has 2 saturated heterocycles. The van der Waals surface area contributed by atoms with Gasteiger partial charge in [-0.25, -0.2) is 0 Å². The number of amidine groups is 1. The van der Waals surface area contributed by atoms with Crippen molar-refractivity contribution in [2.24, 2.45) is 4.99 Å². The van der Waals surface area contributed by atoms with Gasteiger partial charge in [-0.2, -0.15) is 0 Å². The molecule has 2 aliphatic heterocycles. The van der Waals surface area contributed by atoms with Crippen LogP contribution in [-0.4, -0.2) is 63.4 Å². The van der Waals surface area contributed by atoms with Crippen LogP contribution < -0.4 is 5.32 Å². The predicted molar refractivity (Wildman–Crippen MR) is 69.4 cm³/mol. The molecule has 0 aromatic rings. The molecule has 4 N–H and O–H groups in total. The molecule has 0 saturated carbocycles. The summed E-state index contributed by atoms with van der Waals surface area (Å²) < 4.78 is 5.65. The van der Waals surface area contributed by atoms with Gasteiger partial charge in [0, 0.05) is 7.05 Å². The molecule has 0 aromatic heterocycles. The smallest absolute Gasteiger partial charge is 0.159 e. The van der Waals surface area contributed by atoms with Crippen molar-refractivity contribution in [3.05, 3.63) is 12.7 Å². The molecule has 18 heavy (non-hydrogen) atoms. The Bertz CT molecular complexity index is 352. The predicted octanol–water partition coefficient (Wildman–Crippen LogP) is -0.939. The first-order valence-electron chi connectivity index (χ1n) is 5.79. The molecule has 0 aliphatic carbocycles. The van der Waals surface area contributed by atoms with Crippen molar-refractivity contribution < 1.29 is 20.1 Å².